The molecule has 1 saturated heterocycles. The van der Waals surface area contributed by atoms with Gasteiger partial charge < -0.3 is 14.5 Å². The Hall–Kier alpha value is -1.95. The van der Waals surface area contributed by atoms with E-state index in [1.165, 1.54) is 18.2 Å². The van der Waals surface area contributed by atoms with E-state index in [1.54, 1.807) is 4.90 Å². The van der Waals surface area contributed by atoms with E-state index in [0.29, 0.717) is 32.1 Å². The van der Waals surface area contributed by atoms with Gasteiger partial charge in [-0.15, -0.1) is 9.24 Å². The largest absolute Gasteiger partial charge is 0.567 e. The highest BCUT2D eigenvalue weighted by atomic mass is 31.0. The van der Waals surface area contributed by atoms with Gasteiger partial charge in [0.15, 0.2) is 0 Å². The van der Waals surface area contributed by atoms with Crippen molar-refractivity contribution in [3.63, 3.8) is 0 Å². The number of hydrogen-bond donors (Lipinski definition) is 0. The Kier molecular flexibility index (Phi) is 4.49. The Balaban J connectivity index is 1.54. The maximum atomic E-state index is 14.3. The first-order valence-electron chi connectivity index (χ1n) is 8.96. The molecule has 3 aliphatic rings. The monoisotopic (exact) mass is 386 g/mol. The molecule has 140 valence electrons. The number of aliphatic imine (C=N–C) groups is 2. The second-order valence-electron chi connectivity index (χ2n) is 7.71. The van der Waals surface area contributed by atoms with Crippen LogP contribution in [0, 0.1) is 5.82 Å². The Morgan fingerprint density at radius 2 is 2.15 bits per heavy atom. The third-order valence-corrected chi connectivity index (χ3v) is 5.69. The van der Waals surface area contributed by atoms with Crippen molar-refractivity contribution in [2.24, 2.45) is 9.98 Å². The van der Waals surface area contributed by atoms with E-state index in [0.717, 1.165) is 12.8 Å². The lowest BCUT2D eigenvalue weighted by Crippen LogP contribution is -2.58. The molecule has 2 fully saturated rings. The SMILES string of the molecule is [B]Oc1cccc(F)c1C(=O)N1CCN(C2=NCC(C)(P)C=N2)CC12CC2. The average Bonchev–Trinajstić information content (AvgIpc) is 3.40. The van der Waals surface area contributed by atoms with Crippen LogP contribution in [-0.2, 0) is 0 Å². The van der Waals surface area contributed by atoms with Crippen LogP contribution in [-0.4, -0.2) is 72.8 Å². The molecular formula is C18H21BFN4O2P. The van der Waals surface area contributed by atoms with Gasteiger partial charge in [0.2, 0.25) is 5.96 Å². The van der Waals surface area contributed by atoms with E-state index in [-0.39, 0.29) is 27.9 Å². The molecule has 1 aromatic carbocycles. The molecule has 1 aromatic rings. The summed E-state index contributed by atoms with van der Waals surface area (Å²) >= 11 is 0. The molecule has 27 heavy (non-hydrogen) atoms. The van der Waals surface area contributed by atoms with Crippen molar-refractivity contribution < 1.29 is 13.8 Å². The van der Waals surface area contributed by atoms with E-state index >= 15 is 0 Å². The minimum absolute atomic E-state index is 0.0548. The molecular weight excluding hydrogens is 365 g/mol. The van der Waals surface area contributed by atoms with Crippen molar-refractivity contribution in [2.75, 3.05) is 26.2 Å². The van der Waals surface area contributed by atoms with Crippen LogP contribution < -0.4 is 4.65 Å². The van der Waals surface area contributed by atoms with E-state index < -0.39 is 5.82 Å². The zero-order valence-electron chi connectivity index (χ0n) is 15.2. The zero-order chi connectivity index (χ0) is 19.2. The van der Waals surface area contributed by atoms with Gasteiger partial charge in [-0.05, 0) is 31.9 Å². The summed E-state index contributed by atoms with van der Waals surface area (Å²) in [6, 6.07) is 4.21. The molecule has 1 spiro atoms. The Bertz CT molecular complexity index is 841. The fraction of sp³-hybridized carbons (Fsp3) is 0.500. The lowest BCUT2D eigenvalue weighted by molar-refractivity contribution is 0.0494. The van der Waals surface area contributed by atoms with Gasteiger partial charge in [0.1, 0.15) is 17.1 Å². The third kappa shape index (κ3) is 3.36. The van der Waals surface area contributed by atoms with Gasteiger partial charge in [-0.3, -0.25) is 4.79 Å². The molecule has 1 aliphatic carbocycles. The second kappa shape index (κ2) is 6.59. The van der Waals surface area contributed by atoms with Gasteiger partial charge in [-0.25, -0.2) is 14.4 Å². The maximum absolute atomic E-state index is 14.3. The number of nitrogens with zero attached hydrogens (tertiary/aromatic N) is 4. The van der Waals surface area contributed by atoms with E-state index in [9.17, 15) is 9.18 Å². The minimum Gasteiger partial charge on any atom is -0.567 e. The molecule has 4 rings (SSSR count). The molecule has 2 heterocycles. The summed E-state index contributed by atoms with van der Waals surface area (Å²) in [5.41, 5.74) is -0.407. The predicted molar refractivity (Wildman–Crippen MR) is 106 cm³/mol. The summed E-state index contributed by atoms with van der Waals surface area (Å²) < 4.78 is 19.0. The lowest BCUT2D eigenvalue weighted by atomic mass is 10.1. The van der Waals surface area contributed by atoms with E-state index in [4.69, 9.17) is 12.7 Å². The summed E-state index contributed by atoms with van der Waals surface area (Å²) in [5.74, 6) is -0.233. The average molecular weight is 386 g/mol. The molecule has 1 amide bonds. The Morgan fingerprint density at radius 3 is 2.78 bits per heavy atom. The van der Waals surface area contributed by atoms with Gasteiger partial charge >= 0.3 is 8.05 Å². The summed E-state index contributed by atoms with van der Waals surface area (Å²) in [5, 5.41) is -0.109. The number of carbonyl (C=O) groups is 1. The van der Waals surface area contributed by atoms with Crippen molar-refractivity contribution in [3.8, 4) is 5.75 Å². The van der Waals surface area contributed by atoms with E-state index in [1.807, 2.05) is 6.21 Å². The van der Waals surface area contributed by atoms with Crippen molar-refractivity contribution in [1.29, 1.82) is 0 Å². The highest BCUT2D eigenvalue weighted by molar-refractivity contribution is 7.20. The minimum atomic E-state index is -0.623. The Labute approximate surface area is 161 Å². The molecule has 2 radical (unpaired) electrons. The summed E-state index contributed by atoms with van der Waals surface area (Å²) in [4.78, 5) is 26.1. The van der Waals surface area contributed by atoms with Crippen LogP contribution in [0.1, 0.15) is 30.1 Å². The van der Waals surface area contributed by atoms with Crippen molar-refractivity contribution in [2.45, 2.75) is 30.5 Å². The van der Waals surface area contributed by atoms with Crippen LogP contribution in [0.5, 0.6) is 5.75 Å². The van der Waals surface area contributed by atoms with Gasteiger partial charge in [0.05, 0.1) is 12.1 Å². The first-order valence-corrected chi connectivity index (χ1v) is 9.54. The topological polar surface area (TPSA) is 57.5 Å². The maximum Gasteiger partial charge on any atom is 0.374 e. The quantitative estimate of drug-likeness (QED) is 0.574. The number of halogens is 1. The number of rotatable bonds is 2. The summed E-state index contributed by atoms with van der Waals surface area (Å²) in [6.45, 7) is 4.45. The van der Waals surface area contributed by atoms with Gasteiger partial charge in [-0.2, -0.15) is 0 Å². The van der Waals surface area contributed by atoms with Crippen LogP contribution in [0.2, 0.25) is 0 Å². The third-order valence-electron chi connectivity index (χ3n) is 5.36. The molecule has 6 nitrogen and oxygen atoms in total. The fourth-order valence-corrected chi connectivity index (χ4v) is 3.86. The highest BCUT2D eigenvalue weighted by Gasteiger charge is 2.54. The smallest absolute Gasteiger partial charge is 0.374 e. The molecule has 9 heteroatoms. The van der Waals surface area contributed by atoms with Gasteiger partial charge in [0.25, 0.3) is 5.91 Å². The number of piperazine rings is 1. The lowest BCUT2D eigenvalue weighted by Gasteiger charge is -2.43. The van der Waals surface area contributed by atoms with Crippen LogP contribution >= 0.6 is 9.24 Å². The molecule has 1 saturated carbocycles. The molecule has 2 aliphatic heterocycles. The van der Waals surface area contributed by atoms with Crippen molar-refractivity contribution in [3.05, 3.63) is 29.6 Å². The normalized spacial score (nSPS) is 26.1. The number of amides is 1. The number of guanidine groups is 1. The highest BCUT2D eigenvalue weighted by Crippen LogP contribution is 2.45. The van der Waals surface area contributed by atoms with Gasteiger partial charge in [-0.1, -0.05) is 6.07 Å². The van der Waals surface area contributed by atoms with E-state index in [2.05, 4.69) is 31.0 Å². The predicted octanol–water partition coefficient (Wildman–Crippen LogP) is 1.65. The first-order chi connectivity index (χ1) is 12.9. The van der Waals surface area contributed by atoms with Crippen LogP contribution in [0.15, 0.2) is 28.2 Å². The molecule has 0 aromatic heterocycles. The molecule has 2 atom stereocenters. The molecule has 0 bridgehead atoms. The second-order valence-corrected chi connectivity index (χ2v) is 9.03. The standard InChI is InChI=1S/C18H21BFN4O2P/c1-17(27)9-21-16(22-10-17)23-7-8-24(18(11-23)5-6-18)15(25)14-12(20)3-2-4-13(14)26-19/h2-4,9H,5-8,10-11,27H2,1H3. The molecule has 0 N–H and O–H groups in total. The van der Waals surface area contributed by atoms with Crippen molar-refractivity contribution in [1.82, 2.24) is 9.80 Å². The van der Waals surface area contributed by atoms with Crippen LogP contribution in [0.3, 0.4) is 0 Å². The summed E-state index contributed by atoms with van der Waals surface area (Å²) in [6.07, 6.45) is 3.66. The van der Waals surface area contributed by atoms with Crippen molar-refractivity contribution >= 4 is 35.4 Å². The first kappa shape index (κ1) is 18.4. The van der Waals surface area contributed by atoms with Crippen LogP contribution in [0.25, 0.3) is 0 Å². The molecule has 2 unspecified atom stereocenters. The van der Waals surface area contributed by atoms with Crippen LogP contribution in [0.4, 0.5) is 4.39 Å². The summed E-state index contributed by atoms with van der Waals surface area (Å²) in [7, 11) is 7.98. The number of hydrogen-bond acceptors (Lipinski definition) is 5. The number of carbonyl (C=O) groups excluding carboxylic acids is 1. The zero-order valence-corrected chi connectivity index (χ0v) is 16.3. The Morgan fingerprint density at radius 1 is 1.37 bits per heavy atom. The number of benzene rings is 1. The van der Waals surface area contributed by atoms with Gasteiger partial charge in [0, 0.05) is 31.0 Å². The fourth-order valence-electron chi connectivity index (χ4n) is 3.69.